The Morgan fingerprint density at radius 3 is 2.56 bits per heavy atom. The summed E-state index contributed by atoms with van der Waals surface area (Å²) in [5, 5.41) is 0. The Bertz CT molecular complexity index is 389. The van der Waals surface area contributed by atoms with Gasteiger partial charge in [-0.2, -0.15) is 0 Å². The highest BCUT2D eigenvalue weighted by atomic mass is 16.5. The lowest BCUT2D eigenvalue weighted by atomic mass is 9.96. The summed E-state index contributed by atoms with van der Waals surface area (Å²) < 4.78 is 5.09. The Morgan fingerprint density at radius 2 is 2.11 bits per heavy atom. The van der Waals surface area contributed by atoms with Crippen molar-refractivity contribution in [1.82, 2.24) is 4.90 Å². The molecule has 0 aromatic rings. The molecule has 1 heterocycles. The van der Waals surface area contributed by atoms with E-state index >= 15 is 0 Å². The summed E-state index contributed by atoms with van der Waals surface area (Å²) in [6, 6.07) is -0.156. The van der Waals surface area contributed by atoms with Crippen molar-refractivity contribution in [2.24, 2.45) is 0 Å². The minimum atomic E-state index is -1.08. The van der Waals surface area contributed by atoms with Crippen LogP contribution in [0.3, 0.4) is 0 Å². The maximum absolute atomic E-state index is 12.2. The van der Waals surface area contributed by atoms with Crippen LogP contribution < -0.4 is 0 Å². The zero-order valence-corrected chi connectivity index (χ0v) is 10.7. The molecule has 1 saturated heterocycles. The van der Waals surface area contributed by atoms with Gasteiger partial charge in [-0.1, -0.05) is 24.8 Å². The zero-order chi connectivity index (χ0) is 13.8. The molecule has 4 nitrogen and oxygen atoms in total. The standard InChI is InChI=1S/C14H19NO3/c1-5-10-18-13(17)14(7-3)9-8-12(6-2)15(14)11(4)16/h5-7,12H,1-3,8-10H2,4H3/t12-,14+/m0/s1. The number of nitrogens with zero attached hydrogens (tertiary/aromatic N) is 1. The van der Waals surface area contributed by atoms with E-state index in [0.717, 1.165) is 0 Å². The molecule has 0 N–H and O–H groups in total. The topological polar surface area (TPSA) is 46.6 Å². The minimum absolute atomic E-state index is 0.124. The minimum Gasteiger partial charge on any atom is -0.459 e. The fourth-order valence-electron chi connectivity index (χ4n) is 2.39. The molecule has 18 heavy (non-hydrogen) atoms. The largest absolute Gasteiger partial charge is 0.459 e. The van der Waals surface area contributed by atoms with Gasteiger partial charge in [0.25, 0.3) is 0 Å². The molecule has 1 amide bonds. The van der Waals surface area contributed by atoms with E-state index in [1.54, 1.807) is 6.08 Å². The fraction of sp³-hybridized carbons (Fsp3) is 0.429. The summed E-state index contributed by atoms with van der Waals surface area (Å²) in [6.45, 7) is 12.4. The van der Waals surface area contributed by atoms with Crippen LogP contribution in [0.4, 0.5) is 0 Å². The molecule has 0 bridgehead atoms. The van der Waals surface area contributed by atoms with Crippen LogP contribution in [0.5, 0.6) is 0 Å². The number of hydrogen-bond donors (Lipinski definition) is 0. The number of ether oxygens (including phenoxy) is 1. The van der Waals surface area contributed by atoms with Crippen LogP contribution in [0.15, 0.2) is 38.0 Å². The van der Waals surface area contributed by atoms with Gasteiger partial charge in [0.1, 0.15) is 6.61 Å². The van der Waals surface area contributed by atoms with Gasteiger partial charge in [-0.3, -0.25) is 4.79 Å². The van der Waals surface area contributed by atoms with Crippen LogP contribution in [0.2, 0.25) is 0 Å². The smallest absolute Gasteiger partial charge is 0.336 e. The number of rotatable bonds is 5. The van der Waals surface area contributed by atoms with Crippen molar-refractivity contribution in [3.05, 3.63) is 38.0 Å². The summed E-state index contributed by atoms with van der Waals surface area (Å²) >= 11 is 0. The third-order valence-electron chi connectivity index (χ3n) is 3.22. The van der Waals surface area contributed by atoms with Crippen molar-refractivity contribution in [1.29, 1.82) is 0 Å². The van der Waals surface area contributed by atoms with Gasteiger partial charge in [-0.15, -0.1) is 13.2 Å². The van der Waals surface area contributed by atoms with Crippen molar-refractivity contribution in [3.63, 3.8) is 0 Å². The van der Waals surface area contributed by atoms with Crippen LogP contribution in [-0.4, -0.2) is 35.0 Å². The highest BCUT2D eigenvalue weighted by molar-refractivity contribution is 5.90. The van der Waals surface area contributed by atoms with E-state index in [9.17, 15) is 9.59 Å². The quantitative estimate of drug-likeness (QED) is 0.551. The average molecular weight is 249 g/mol. The number of carbonyl (C=O) groups excluding carboxylic acids is 2. The summed E-state index contributed by atoms with van der Waals surface area (Å²) in [6.07, 6.45) is 5.84. The predicted octanol–water partition coefficient (Wildman–Crippen LogP) is 1.84. The van der Waals surface area contributed by atoms with E-state index in [1.165, 1.54) is 24.0 Å². The number of amides is 1. The molecule has 98 valence electrons. The van der Waals surface area contributed by atoms with E-state index in [1.807, 2.05) is 0 Å². The van der Waals surface area contributed by atoms with Gasteiger partial charge < -0.3 is 9.64 Å². The molecule has 4 heteroatoms. The third-order valence-corrected chi connectivity index (χ3v) is 3.22. The molecule has 0 radical (unpaired) electrons. The summed E-state index contributed by atoms with van der Waals surface area (Å²) in [5.74, 6) is -0.648. The summed E-state index contributed by atoms with van der Waals surface area (Å²) in [5.41, 5.74) is -1.08. The molecule has 0 aliphatic carbocycles. The normalized spacial score (nSPS) is 26.5. The van der Waals surface area contributed by atoms with Crippen molar-refractivity contribution < 1.29 is 14.3 Å². The Labute approximate surface area is 108 Å². The van der Waals surface area contributed by atoms with Gasteiger partial charge in [0.05, 0.1) is 6.04 Å². The predicted molar refractivity (Wildman–Crippen MR) is 69.8 cm³/mol. The van der Waals surface area contributed by atoms with Crippen molar-refractivity contribution >= 4 is 11.9 Å². The van der Waals surface area contributed by atoms with Crippen molar-refractivity contribution in [3.8, 4) is 0 Å². The number of likely N-dealkylation sites (tertiary alicyclic amines) is 1. The van der Waals surface area contributed by atoms with Gasteiger partial charge >= 0.3 is 5.97 Å². The van der Waals surface area contributed by atoms with Crippen molar-refractivity contribution in [2.75, 3.05) is 6.61 Å². The van der Waals surface area contributed by atoms with Crippen LogP contribution in [0.1, 0.15) is 19.8 Å². The van der Waals surface area contributed by atoms with E-state index in [0.29, 0.717) is 12.8 Å². The van der Waals surface area contributed by atoms with Crippen LogP contribution in [0, 0.1) is 0 Å². The first-order chi connectivity index (χ1) is 8.53. The second-order valence-electron chi connectivity index (χ2n) is 4.25. The Balaban J connectivity index is 3.08. The van der Waals surface area contributed by atoms with E-state index < -0.39 is 11.5 Å². The maximum atomic E-state index is 12.2. The highest BCUT2D eigenvalue weighted by Crippen LogP contribution is 2.36. The van der Waals surface area contributed by atoms with E-state index in [-0.39, 0.29) is 18.6 Å². The second kappa shape index (κ2) is 5.67. The monoisotopic (exact) mass is 249 g/mol. The lowest BCUT2D eigenvalue weighted by molar-refractivity contribution is -0.157. The molecule has 0 spiro atoms. The third kappa shape index (κ3) is 2.23. The zero-order valence-electron chi connectivity index (χ0n) is 10.7. The maximum Gasteiger partial charge on any atom is 0.336 e. The first-order valence-corrected chi connectivity index (χ1v) is 5.87. The highest BCUT2D eigenvalue weighted by Gasteiger charge is 2.51. The molecule has 1 aliphatic heterocycles. The molecule has 0 aromatic heterocycles. The van der Waals surface area contributed by atoms with Crippen molar-refractivity contribution in [2.45, 2.75) is 31.3 Å². The van der Waals surface area contributed by atoms with Gasteiger partial charge in [0, 0.05) is 6.92 Å². The molecule has 1 rings (SSSR count). The molecule has 2 atom stereocenters. The molecular formula is C14H19NO3. The summed E-state index contributed by atoms with van der Waals surface area (Å²) in [4.78, 5) is 25.4. The molecular weight excluding hydrogens is 230 g/mol. The first-order valence-electron chi connectivity index (χ1n) is 5.87. The molecule has 0 saturated carbocycles. The van der Waals surface area contributed by atoms with Gasteiger partial charge in [-0.05, 0) is 12.8 Å². The average Bonchev–Trinajstić information content (AvgIpc) is 2.75. The lowest BCUT2D eigenvalue weighted by Crippen LogP contribution is -2.54. The molecule has 1 aliphatic rings. The number of hydrogen-bond acceptors (Lipinski definition) is 3. The van der Waals surface area contributed by atoms with E-state index in [4.69, 9.17) is 4.74 Å². The van der Waals surface area contributed by atoms with Crippen LogP contribution in [-0.2, 0) is 14.3 Å². The SMILES string of the molecule is C=CCOC(=O)[C@@]1(C=C)CC[C@H](C=C)N1C(C)=O. The molecule has 1 fully saturated rings. The fourth-order valence-corrected chi connectivity index (χ4v) is 2.39. The number of carbonyl (C=O) groups is 2. The lowest BCUT2D eigenvalue weighted by Gasteiger charge is -2.35. The number of esters is 1. The van der Waals surface area contributed by atoms with Gasteiger partial charge in [0.2, 0.25) is 5.91 Å². The second-order valence-corrected chi connectivity index (χ2v) is 4.25. The Kier molecular flexibility index (Phi) is 4.48. The first kappa shape index (κ1) is 14.2. The Morgan fingerprint density at radius 1 is 1.44 bits per heavy atom. The van der Waals surface area contributed by atoms with Gasteiger partial charge in [0.15, 0.2) is 5.54 Å². The van der Waals surface area contributed by atoms with Crippen LogP contribution in [0.25, 0.3) is 0 Å². The van der Waals surface area contributed by atoms with Gasteiger partial charge in [-0.25, -0.2) is 4.79 Å². The van der Waals surface area contributed by atoms with E-state index in [2.05, 4.69) is 19.7 Å². The summed E-state index contributed by atoms with van der Waals surface area (Å²) in [7, 11) is 0. The van der Waals surface area contributed by atoms with Crippen LogP contribution >= 0.6 is 0 Å². The molecule has 0 aromatic carbocycles. The molecule has 0 unspecified atom stereocenters. The Hall–Kier alpha value is -1.84.